The van der Waals surface area contributed by atoms with E-state index in [1.165, 1.54) is 24.9 Å². The molecule has 1 aliphatic carbocycles. The van der Waals surface area contributed by atoms with Crippen LogP contribution in [0.2, 0.25) is 0 Å². The average molecular weight is 288 g/mol. The van der Waals surface area contributed by atoms with Crippen molar-refractivity contribution in [3.05, 3.63) is 29.8 Å². The molecule has 1 aromatic rings. The first-order valence-corrected chi connectivity index (χ1v) is 8.27. The lowest BCUT2D eigenvalue weighted by atomic mass is 9.96. The third-order valence-electron chi connectivity index (χ3n) is 4.97. The molecule has 1 saturated carbocycles. The number of hydrogen-bond donors (Lipinski definition) is 1. The molecule has 2 unspecified atom stereocenters. The van der Waals surface area contributed by atoms with E-state index in [9.17, 15) is 0 Å². The van der Waals surface area contributed by atoms with Crippen LogP contribution in [0.4, 0.5) is 0 Å². The molecule has 2 aliphatic rings. The molecule has 2 fully saturated rings. The molecule has 1 aromatic carbocycles. The predicted molar refractivity (Wildman–Crippen MR) is 86.5 cm³/mol. The summed E-state index contributed by atoms with van der Waals surface area (Å²) in [6.45, 7) is 8.02. The number of benzene rings is 1. The highest BCUT2D eigenvalue weighted by molar-refractivity contribution is 5.28. The van der Waals surface area contributed by atoms with Crippen molar-refractivity contribution in [1.82, 2.24) is 10.2 Å². The third-order valence-corrected chi connectivity index (χ3v) is 4.97. The Hall–Kier alpha value is -1.06. The van der Waals surface area contributed by atoms with E-state index in [-0.39, 0.29) is 0 Å². The Bertz CT molecular complexity index is 470. The van der Waals surface area contributed by atoms with Crippen LogP contribution in [0.25, 0.3) is 0 Å². The largest absolute Gasteiger partial charge is 0.497 e. The summed E-state index contributed by atoms with van der Waals surface area (Å²) >= 11 is 0. The van der Waals surface area contributed by atoms with Gasteiger partial charge in [-0.05, 0) is 42.4 Å². The van der Waals surface area contributed by atoms with E-state index in [1.807, 2.05) is 6.07 Å². The maximum absolute atomic E-state index is 5.36. The number of nitrogens with zero attached hydrogens (tertiary/aromatic N) is 1. The van der Waals surface area contributed by atoms with Crippen LogP contribution >= 0.6 is 0 Å². The van der Waals surface area contributed by atoms with Gasteiger partial charge in [0.1, 0.15) is 5.75 Å². The minimum atomic E-state index is 0.631. The fraction of sp³-hybridized carbons (Fsp3) is 0.667. The summed E-state index contributed by atoms with van der Waals surface area (Å²) in [4.78, 5) is 2.68. The van der Waals surface area contributed by atoms with Crippen LogP contribution in [-0.4, -0.2) is 37.2 Å². The lowest BCUT2D eigenvalue weighted by Crippen LogP contribution is -2.58. The first-order valence-electron chi connectivity index (χ1n) is 8.27. The van der Waals surface area contributed by atoms with Crippen molar-refractivity contribution >= 4 is 0 Å². The molecular formula is C18H28N2O. The minimum Gasteiger partial charge on any atom is -0.497 e. The summed E-state index contributed by atoms with van der Waals surface area (Å²) in [7, 11) is 1.74. The van der Waals surface area contributed by atoms with Crippen LogP contribution in [0.3, 0.4) is 0 Å². The fourth-order valence-corrected chi connectivity index (χ4v) is 3.51. The number of ether oxygens (including phenoxy) is 1. The summed E-state index contributed by atoms with van der Waals surface area (Å²) in [6.07, 6.45) is 2.83. The van der Waals surface area contributed by atoms with Crippen molar-refractivity contribution in [3.63, 3.8) is 0 Å². The minimum absolute atomic E-state index is 0.631. The Morgan fingerprint density at radius 2 is 2.14 bits per heavy atom. The second kappa shape index (κ2) is 6.37. The van der Waals surface area contributed by atoms with Crippen molar-refractivity contribution in [2.75, 3.05) is 20.2 Å². The van der Waals surface area contributed by atoms with Crippen LogP contribution in [0.5, 0.6) is 5.75 Å². The molecule has 0 radical (unpaired) electrons. The normalized spacial score (nSPS) is 27.0. The molecule has 21 heavy (non-hydrogen) atoms. The molecule has 3 heteroatoms. The van der Waals surface area contributed by atoms with Crippen molar-refractivity contribution in [2.24, 2.45) is 11.8 Å². The zero-order valence-electron chi connectivity index (χ0n) is 13.5. The van der Waals surface area contributed by atoms with Gasteiger partial charge in [-0.1, -0.05) is 26.0 Å². The monoisotopic (exact) mass is 288 g/mol. The Kier molecular flexibility index (Phi) is 4.51. The summed E-state index contributed by atoms with van der Waals surface area (Å²) in [5.74, 6) is 2.57. The van der Waals surface area contributed by atoms with Gasteiger partial charge in [-0.2, -0.15) is 0 Å². The van der Waals surface area contributed by atoms with Gasteiger partial charge < -0.3 is 10.1 Å². The first-order chi connectivity index (χ1) is 10.2. The van der Waals surface area contributed by atoms with E-state index in [1.54, 1.807) is 7.11 Å². The van der Waals surface area contributed by atoms with Crippen LogP contribution in [0.1, 0.15) is 32.3 Å². The fourth-order valence-electron chi connectivity index (χ4n) is 3.51. The van der Waals surface area contributed by atoms with Crippen LogP contribution in [0, 0.1) is 11.8 Å². The number of methoxy groups -OCH3 is 1. The molecule has 0 bridgehead atoms. The van der Waals surface area contributed by atoms with Crippen LogP contribution in [0.15, 0.2) is 24.3 Å². The smallest absolute Gasteiger partial charge is 0.119 e. The summed E-state index contributed by atoms with van der Waals surface area (Å²) < 4.78 is 5.36. The van der Waals surface area contributed by atoms with Gasteiger partial charge in [0.2, 0.25) is 0 Å². The topological polar surface area (TPSA) is 24.5 Å². The Balaban J connectivity index is 1.71. The van der Waals surface area contributed by atoms with Gasteiger partial charge in [0.15, 0.2) is 0 Å². The van der Waals surface area contributed by atoms with Crippen molar-refractivity contribution < 1.29 is 4.74 Å². The Morgan fingerprint density at radius 1 is 1.33 bits per heavy atom. The van der Waals surface area contributed by atoms with E-state index >= 15 is 0 Å². The summed E-state index contributed by atoms with van der Waals surface area (Å²) in [5.41, 5.74) is 1.36. The van der Waals surface area contributed by atoms with E-state index in [0.717, 1.165) is 24.8 Å². The number of nitrogens with one attached hydrogen (secondary N) is 1. The van der Waals surface area contributed by atoms with Gasteiger partial charge in [-0.3, -0.25) is 4.90 Å². The number of hydrogen-bond acceptors (Lipinski definition) is 3. The first kappa shape index (κ1) is 14.9. The maximum Gasteiger partial charge on any atom is 0.119 e. The van der Waals surface area contributed by atoms with Gasteiger partial charge in [-0.25, -0.2) is 0 Å². The second-order valence-electron chi connectivity index (χ2n) is 6.94. The third kappa shape index (κ3) is 3.58. The SMILES string of the molecule is COc1cccc(CN2CC(C3CC3)NCC2C(C)C)c1. The zero-order chi connectivity index (χ0) is 14.8. The van der Waals surface area contributed by atoms with Gasteiger partial charge in [0.25, 0.3) is 0 Å². The molecule has 1 N–H and O–H groups in total. The van der Waals surface area contributed by atoms with E-state index in [0.29, 0.717) is 18.0 Å². The second-order valence-corrected chi connectivity index (χ2v) is 6.94. The van der Waals surface area contributed by atoms with Crippen molar-refractivity contribution in [2.45, 2.75) is 45.3 Å². The predicted octanol–water partition coefficient (Wildman–Crippen LogP) is 2.90. The standard InChI is InChI=1S/C18H28N2O/c1-13(2)18-10-19-17(15-7-8-15)12-20(18)11-14-5-4-6-16(9-14)21-3/h4-6,9,13,15,17-19H,7-8,10-12H2,1-3H3. The molecule has 1 heterocycles. The van der Waals surface area contributed by atoms with Gasteiger partial charge in [0.05, 0.1) is 7.11 Å². The molecule has 2 atom stereocenters. The summed E-state index contributed by atoms with van der Waals surface area (Å²) in [6, 6.07) is 9.84. The maximum atomic E-state index is 5.36. The Morgan fingerprint density at radius 3 is 2.81 bits per heavy atom. The Labute approximate surface area is 128 Å². The van der Waals surface area contributed by atoms with Crippen LogP contribution in [-0.2, 0) is 6.54 Å². The van der Waals surface area contributed by atoms with Gasteiger partial charge >= 0.3 is 0 Å². The molecule has 0 aromatic heterocycles. The van der Waals surface area contributed by atoms with Gasteiger partial charge in [-0.15, -0.1) is 0 Å². The van der Waals surface area contributed by atoms with Crippen molar-refractivity contribution in [3.8, 4) is 5.75 Å². The quantitative estimate of drug-likeness (QED) is 0.901. The highest BCUT2D eigenvalue weighted by Gasteiger charge is 2.37. The molecular weight excluding hydrogens is 260 g/mol. The van der Waals surface area contributed by atoms with E-state index in [4.69, 9.17) is 4.74 Å². The molecule has 1 aliphatic heterocycles. The molecule has 1 saturated heterocycles. The average Bonchev–Trinajstić information content (AvgIpc) is 3.32. The molecule has 3 nitrogen and oxygen atoms in total. The molecule has 3 rings (SSSR count). The van der Waals surface area contributed by atoms with E-state index in [2.05, 4.69) is 42.3 Å². The highest BCUT2D eigenvalue weighted by atomic mass is 16.5. The number of piperazine rings is 1. The highest BCUT2D eigenvalue weighted by Crippen LogP contribution is 2.35. The van der Waals surface area contributed by atoms with Crippen LogP contribution < -0.4 is 10.1 Å². The molecule has 0 amide bonds. The molecule has 116 valence electrons. The lowest BCUT2D eigenvalue weighted by molar-refractivity contribution is 0.0851. The summed E-state index contributed by atoms with van der Waals surface area (Å²) in [5, 5.41) is 3.78. The zero-order valence-corrected chi connectivity index (χ0v) is 13.5. The lowest BCUT2D eigenvalue weighted by Gasteiger charge is -2.42. The van der Waals surface area contributed by atoms with E-state index < -0.39 is 0 Å². The van der Waals surface area contributed by atoms with Gasteiger partial charge in [0, 0.05) is 31.7 Å². The number of rotatable bonds is 5. The van der Waals surface area contributed by atoms with Crippen molar-refractivity contribution in [1.29, 1.82) is 0 Å². The molecule has 0 spiro atoms.